The summed E-state index contributed by atoms with van der Waals surface area (Å²) >= 11 is 0. The van der Waals surface area contributed by atoms with Crippen molar-refractivity contribution in [1.29, 1.82) is 0 Å². The van der Waals surface area contributed by atoms with Gasteiger partial charge in [-0.05, 0) is 29.8 Å². The maximum atomic E-state index is 13.1. The van der Waals surface area contributed by atoms with E-state index < -0.39 is 11.9 Å². The molecule has 2 N–H and O–H groups in total. The fourth-order valence-corrected chi connectivity index (χ4v) is 1.99. The van der Waals surface area contributed by atoms with Crippen molar-refractivity contribution in [2.75, 3.05) is 26.4 Å². The standard InChI is InChI=1S/C18H20FNO4/c19-15-6-4-5-14(11-15)17(21)12-20-18(22)13-23-9-10-24-16-7-2-1-3-8-16/h1-8,11,17,21H,9-10,12-13H2,(H,20,22)/t17-/m1/s1. The number of nitrogens with one attached hydrogen (secondary N) is 1. The van der Waals surface area contributed by atoms with Crippen molar-refractivity contribution in [3.63, 3.8) is 0 Å². The molecule has 1 amide bonds. The number of aliphatic hydroxyl groups excluding tert-OH is 1. The molecule has 0 saturated heterocycles. The average molecular weight is 333 g/mol. The molecule has 2 aromatic rings. The lowest BCUT2D eigenvalue weighted by atomic mass is 10.1. The number of hydrogen-bond donors (Lipinski definition) is 2. The zero-order valence-corrected chi connectivity index (χ0v) is 13.2. The summed E-state index contributed by atoms with van der Waals surface area (Å²) in [5.41, 5.74) is 0.410. The third-order valence-corrected chi connectivity index (χ3v) is 3.20. The van der Waals surface area contributed by atoms with Crippen LogP contribution in [0.3, 0.4) is 0 Å². The van der Waals surface area contributed by atoms with E-state index in [0.717, 1.165) is 5.75 Å². The number of amides is 1. The molecule has 0 aromatic heterocycles. The van der Waals surface area contributed by atoms with Crippen molar-refractivity contribution in [2.24, 2.45) is 0 Å². The van der Waals surface area contributed by atoms with Gasteiger partial charge >= 0.3 is 0 Å². The average Bonchev–Trinajstić information content (AvgIpc) is 2.60. The van der Waals surface area contributed by atoms with E-state index in [0.29, 0.717) is 12.2 Å². The Labute approximate surface area is 140 Å². The van der Waals surface area contributed by atoms with Crippen LogP contribution in [0, 0.1) is 5.82 Å². The van der Waals surface area contributed by atoms with Gasteiger partial charge in [-0.25, -0.2) is 4.39 Å². The van der Waals surface area contributed by atoms with Gasteiger partial charge in [-0.1, -0.05) is 30.3 Å². The van der Waals surface area contributed by atoms with Crippen LogP contribution in [0.5, 0.6) is 5.75 Å². The summed E-state index contributed by atoms with van der Waals surface area (Å²) in [5.74, 6) is -0.0476. The number of benzene rings is 2. The number of hydrogen-bond acceptors (Lipinski definition) is 4. The maximum Gasteiger partial charge on any atom is 0.246 e. The van der Waals surface area contributed by atoms with Crippen LogP contribution in [0.4, 0.5) is 4.39 Å². The second kappa shape index (κ2) is 9.64. The highest BCUT2D eigenvalue weighted by atomic mass is 19.1. The monoisotopic (exact) mass is 333 g/mol. The van der Waals surface area contributed by atoms with Crippen molar-refractivity contribution in [3.8, 4) is 5.75 Å². The third-order valence-electron chi connectivity index (χ3n) is 3.20. The van der Waals surface area contributed by atoms with E-state index in [4.69, 9.17) is 9.47 Å². The van der Waals surface area contributed by atoms with Gasteiger partial charge in [0.1, 0.15) is 24.8 Å². The summed E-state index contributed by atoms with van der Waals surface area (Å²) in [6.07, 6.45) is -0.967. The Morgan fingerprint density at radius 1 is 1.12 bits per heavy atom. The highest BCUT2D eigenvalue weighted by Crippen LogP contribution is 2.12. The van der Waals surface area contributed by atoms with Crippen LogP contribution in [0.25, 0.3) is 0 Å². The predicted molar refractivity (Wildman–Crippen MR) is 87.1 cm³/mol. The Kier molecular flexibility index (Phi) is 7.20. The molecule has 0 aliphatic carbocycles. The first kappa shape index (κ1) is 17.9. The van der Waals surface area contributed by atoms with Crippen LogP contribution in [-0.4, -0.2) is 37.4 Å². The van der Waals surface area contributed by atoms with Gasteiger partial charge in [0.15, 0.2) is 0 Å². The van der Waals surface area contributed by atoms with E-state index in [1.54, 1.807) is 6.07 Å². The maximum absolute atomic E-state index is 13.1. The first-order valence-electron chi connectivity index (χ1n) is 7.61. The van der Waals surface area contributed by atoms with Gasteiger partial charge < -0.3 is 19.9 Å². The molecule has 0 heterocycles. The highest BCUT2D eigenvalue weighted by molar-refractivity contribution is 5.77. The van der Waals surface area contributed by atoms with Crippen LogP contribution in [0.15, 0.2) is 54.6 Å². The second-order valence-corrected chi connectivity index (χ2v) is 5.09. The fraction of sp³-hybridized carbons (Fsp3) is 0.278. The number of para-hydroxylation sites is 1. The molecule has 128 valence electrons. The van der Waals surface area contributed by atoms with Crippen LogP contribution in [0.1, 0.15) is 11.7 Å². The molecule has 24 heavy (non-hydrogen) atoms. The highest BCUT2D eigenvalue weighted by Gasteiger charge is 2.10. The minimum absolute atomic E-state index is 0.00778. The molecule has 0 saturated carbocycles. The molecule has 5 nitrogen and oxygen atoms in total. The Balaban J connectivity index is 1.58. The van der Waals surface area contributed by atoms with E-state index in [1.165, 1.54) is 18.2 Å². The smallest absolute Gasteiger partial charge is 0.246 e. The van der Waals surface area contributed by atoms with Gasteiger partial charge in [0.2, 0.25) is 5.91 Å². The SMILES string of the molecule is O=C(COCCOc1ccccc1)NC[C@@H](O)c1cccc(F)c1. The molecule has 1 atom stereocenters. The molecule has 0 aliphatic rings. The van der Waals surface area contributed by atoms with Crippen molar-refractivity contribution >= 4 is 5.91 Å². The molecule has 0 fully saturated rings. The zero-order chi connectivity index (χ0) is 17.2. The number of halogens is 1. The molecule has 0 bridgehead atoms. The van der Waals surface area contributed by atoms with E-state index in [-0.39, 0.29) is 25.7 Å². The summed E-state index contributed by atoms with van der Waals surface area (Å²) in [6, 6.07) is 14.9. The van der Waals surface area contributed by atoms with E-state index in [9.17, 15) is 14.3 Å². The first-order valence-corrected chi connectivity index (χ1v) is 7.61. The number of carbonyl (C=O) groups is 1. The van der Waals surface area contributed by atoms with Crippen LogP contribution in [0.2, 0.25) is 0 Å². The molecule has 6 heteroatoms. The van der Waals surface area contributed by atoms with Crippen molar-refractivity contribution in [3.05, 3.63) is 66.0 Å². The van der Waals surface area contributed by atoms with Gasteiger partial charge in [-0.15, -0.1) is 0 Å². The molecule has 0 radical (unpaired) electrons. The molecule has 0 unspecified atom stereocenters. The summed E-state index contributed by atoms with van der Waals surface area (Å²) in [4.78, 5) is 11.6. The fourth-order valence-electron chi connectivity index (χ4n) is 1.99. The Bertz CT molecular complexity index is 636. The van der Waals surface area contributed by atoms with Gasteiger partial charge in [-0.2, -0.15) is 0 Å². The number of ether oxygens (including phenoxy) is 2. The van der Waals surface area contributed by atoms with Crippen molar-refractivity contribution in [2.45, 2.75) is 6.10 Å². The predicted octanol–water partition coefficient (Wildman–Crippen LogP) is 2.07. The normalized spacial score (nSPS) is 11.8. The Hall–Kier alpha value is -2.44. The minimum atomic E-state index is -0.967. The number of aliphatic hydroxyl groups is 1. The minimum Gasteiger partial charge on any atom is -0.491 e. The number of rotatable bonds is 9. The lowest BCUT2D eigenvalue weighted by molar-refractivity contribution is -0.126. The molecular formula is C18H20FNO4. The van der Waals surface area contributed by atoms with Gasteiger partial charge in [0, 0.05) is 6.54 Å². The summed E-state index contributed by atoms with van der Waals surface area (Å²) in [6.45, 7) is 0.470. The van der Waals surface area contributed by atoms with Gasteiger partial charge in [-0.3, -0.25) is 4.79 Å². The zero-order valence-electron chi connectivity index (χ0n) is 13.2. The van der Waals surface area contributed by atoms with Crippen LogP contribution in [-0.2, 0) is 9.53 Å². The first-order chi connectivity index (χ1) is 11.6. The topological polar surface area (TPSA) is 67.8 Å². The van der Waals surface area contributed by atoms with E-state index in [2.05, 4.69) is 5.32 Å². The molecule has 2 rings (SSSR count). The molecule has 0 spiro atoms. The van der Waals surface area contributed by atoms with Gasteiger partial charge in [0.25, 0.3) is 0 Å². The van der Waals surface area contributed by atoms with Crippen molar-refractivity contribution in [1.82, 2.24) is 5.32 Å². The Morgan fingerprint density at radius 2 is 1.92 bits per heavy atom. The van der Waals surface area contributed by atoms with Crippen molar-refractivity contribution < 1.29 is 23.8 Å². The summed E-state index contributed by atoms with van der Waals surface area (Å²) in [5, 5.41) is 12.4. The summed E-state index contributed by atoms with van der Waals surface area (Å²) < 4.78 is 23.7. The third kappa shape index (κ3) is 6.36. The van der Waals surface area contributed by atoms with Gasteiger partial charge in [0.05, 0.1) is 12.7 Å². The molecular weight excluding hydrogens is 313 g/mol. The quantitative estimate of drug-likeness (QED) is 0.690. The lowest BCUT2D eigenvalue weighted by Crippen LogP contribution is -2.32. The van der Waals surface area contributed by atoms with Crippen LogP contribution >= 0.6 is 0 Å². The summed E-state index contributed by atoms with van der Waals surface area (Å²) in [7, 11) is 0. The second-order valence-electron chi connectivity index (χ2n) is 5.09. The number of carbonyl (C=O) groups excluding carboxylic acids is 1. The van der Waals surface area contributed by atoms with Crippen LogP contribution < -0.4 is 10.1 Å². The largest absolute Gasteiger partial charge is 0.491 e. The Morgan fingerprint density at radius 3 is 2.67 bits per heavy atom. The van der Waals surface area contributed by atoms with E-state index >= 15 is 0 Å². The lowest BCUT2D eigenvalue weighted by Gasteiger charge is -2.12. The van der Waals surface area contributed by atoms with E-state index in [1.807, 2.05) is 30.3 Å². The molecule has 0 aliphatic heterocycles. The molecule has 2 aromatic carbocycles.